The number of hydrogen-bond acceptors (Lipinski definition) is 6. The lowest BCUT2D eigenvalue weighted by Gasteiger charge is -2.20. The first-order valence-electron chi connectivity index (χ1n) is 9.91. The van der Waals surface area contributed by atoms with Crippen molar-refractivity contribution < 1.29 is 18.7 Å². The normalized spacial score (nSPS) is 17.9. The van der Waals surface area contributed by atoms with Crippen LogP contribution < -0.4 is 10.3 Å². The van der Waals surface area contributed by atoms with Crippen LogP contribution in [-0.4, -0.2) is 41.7 Å². The molecular weight excluding hydrogens is 360 g/mol. The van der Waals surface area contributed by atoms with Gasteiger partial charge in [-0.15, -0.1) is 0 Å². The Kier molecular flexibility index (Phi) is 5.52. The molecule has 1 aliphatic heterocycles. The molecule has 0 N–H and O–H groups in total. The molecule has 7 nitrogen and oxygen atoms in total. The van der Waals surface area contributed by atoms with Crippen LogP contribution in [-0.2, 0) is 24.2 Å². The van der Waals surface area contributed by atoms with Gasteiger partial charge in [-0.3, -0.25) is 9.69 Å². The minimum absolute atomic E-state index is 0.0641. The van der Waals surface area contributed by atoms with Crippen molar-refractivity contribution in [2.75, 3.05) is 20.2 Å². The number of rotatable bonds is 5. The maximum Gasteiger partial charge on any atom is 0.343 e. The first-order chi connectivity index (χ1) is 13.7. The topological polar surface area (TPSA) is 73.9 Å². The lowest BCUT2D eigenvalue weighted by Crippen LogP contribution is -2.29. The van der Waals surface area contributed by atoms with Gasteiger partial charge in [-0.2, -0.15) is 0 Å². The highest BCUT2D eigenvalue weighted by molar-refractivity contribution is 5.93. The molecule has 2 aromatic heterocycles. The Morgan fingerprint density at radius 2 is 2.07 bits per heavy atom. The van der Waals surface area contributed by atoms with Gasteiger partial charge < -0.3 is 18.5 Å². The summed E-state index contributed by atoms with van der Waals surface area (Å²) in [7, 11) is 1.37. The lowest BCUT2D eigenvalue weighted by molar-refractivity contribution is 0.0590. The number of carbonyl (C=O) groups is 1. The molecule has 2 aromatic rings. The first-order valence-corrected chi connectivity index (χ1v) is 9.91. The Morgan fingerprint density at radius 1 is 1.25 bits per heavy atom. The average molecular weight is 386 g/mol. The van der Waals surface area contributed by atoms with E-state index in [1.165, 1.54) is 13.2 Å². The number of fused-ring (bicyclic) bond motifs is 1. The van der Waals surface area contributed by atoms with Gasteiger partial charge in [-0.1, -0.05) is 0 Å². The van der Waals surface area contributed by atoms with E-state index in [4.69, 9.17) is 13.9 Å². The SMILES string of the molecule is COC(=O)c1c(OC2CCCC2)cc(=O)n2c1CCN(Cc1ccoc1)CC2. The zero-order valence-corrected chi connectivity index (χ0v) is 16.2. The van der Waals surface area contributed by atoms with Crippen molar-refractivity contribution in [1.29, 1.82) is 0 Å². The standard InChI is InChI=1S/C21H26N2O5/c1-26-21(25)20-17-6-8-22(13-15-7-11-27-14-15)9-10-23(17)19(24)12-18(20)28-16-4-2-3-5-16/h7,11-12,14,16H,2-6,8-10,13H2,1H3. The van der Waals surface area contributed by atoms with Crippen LogP contribution in [0.25, 0.3) is 0 Å². The highest BCUT2D eigenvalue weighted by Gasteiger charge is 2.28. The van der Waals surface area contributed by atoms with Gasteiger partial charge in [0.15, 0.2) is 0 Å². The minimum Gasteiger partial charge on any atom is -0.489 e. The molecule has 28 heavy (non-hydrogen) atoms. The summed E-state index contributed by atoms with van der Waals surface area (Å²) in [6.45, 7) is 2.74. The van der Waals surface area contributed by atoms with E-state index in [0.29, 0.717) is 30.0 Å². The van der Waals surface area contributed by atoms with Crippen molar-refractivity contribution in [3.8, 4) is 5.75 Å². The molecule has 0 saturated heterocycles. The fourth-order valence-electron chi connectivity index (χ4n) is 4.19. The van der Waals surface area contributed by atoms with E-state index in [9.17, 15) is 9.59 Å². The minimum atomic E-state index is -0.444. The fraction of sp³-hybridized carbons (Fsp3) is 0.524. The second-order valence-corrected chi connectivity index (χ2v) is 7.49. The summed E-state index contributed by atoms with van der Waals surface area (Å²) in [5.41, 5.74) is 2.08. The van der Waals surface area contributed by atoms with Crippen molar-refractivity contribution in [1.82, 2.24) is 9.47 Å². The van der Waals surface area contributed by atoms with Gasteiger partial charge in [0.1, 0.15) is 11.3 Å². The maximum absolute atomic E-state index is 12.8. The average Bonchev–Trinajstić information content (AvgIpc) is 3.34. The van der Waals surface area contributed by atoms with Crippen LogP contribution in [0.5, 0.6) is 5.75 Å². The first kappa shape index (κ1) is 18.8. The number of nitrogens with zero attached hydrogens (tertiary/aromatic N) is 2. The van der Waals surface area contributed by atoms with Crippen LogP contribution in [0.2, 0.25) is 0 Å². The molecule has 0 radical (unpaired) electrons. The van der Waals surface area contributed by atoms with E-state index < -0.39 is 5.97 Å². The Labute approximate surface area is 163 Å². The van der Waals surface area contributed by atoms with Crippen molar-refractivity contribution >= 4 is 5.97 Å². The van der Waals surface area contributed by atoms with Gasteiger partial charge in [0.05, 0.1) is 25.7 Å². The molecule has 1 fully saturated rings. The van der Waals surface area contributed by atoms with Crippen molar-refractivity contribution in [2.24, 2.45) is 0 Å². The number of carbonyl (C=O) groups excluding carboxylic acids is 1. The summed E-state index contributed by atoms with van der Waals surface area (Å²) in [4.78, 5) is 27.7. The predicted molar refractivity (Wildman–Crippen MR) is 103 cm³/mol. The maximum atomic E-state index is 12.8. The molecule has 0 spiro atoms. The molecule has 150 valence electrons. The third kappa shape index (κ3) is 3.85. The van der Waals surface area contributed by atoms with E-state index in [0.717, 1.165) is 50.9 Å². The molecule has 4 rings (SSSR count). The summed E-state index contributed by atoms with van der Waals surface area (Å²) in [5, 5.41) is 0. The highest BCUT2D eigenvalue weighted by Crippen LogP contribution is 2.29. The van der Waals surface area contributed by atoms with E-state index in [1.54, 1.807) is 17.1 Å². The Hall–Kier alpha value is -2.54. The zero-order valence-electron chi connectivity index (χ0n) is 16.2. The molecule has 0 amide bonds. The van der Waals surface area contributed by atoms with E-state index in [-0.39, 0.29) is 11.7 Å². The summed E-state index contributed by atoms with van der Waals surface area (Å²) < 4.78 is 18.0. The van der Waals surface area contributed by atoms with Crippen LogP contribution in [0.1, 0.15) is 47.3 Å². The Balaban J connectivity index is 1.64. The van der Waals surface area contributed by atoms with Gasteiger partial charge in [-0.25, -0.2) is 4.79 Å². The van der Waals surface area contributed by atoms with Gasteiger partial charge >= 0.3 is 5.97 Å². The molecule has 7 heteroatoms. The molecule has 0 aromatic carbocycles. The summed E-state index contributed by atoms with van der Waals surface area (Å²) in [6, 6.07) is 3.40. The van der Waals surface area contributed by atoms with Gasteiger partial charge in [0.2, 0.25) is 0 Å². The number of hydrogen-bond donors (Lipinski definition) is 0. The van der Waals surface area contributed by atoms with Gasteiger partial charge in [0.25, 0.3) is 5.56 Å². The molecule has 1 saturated carbocycles. The lowest BCUT2D eigenvalue weighted by atomic mass is 10.1. The molecule has 2 aliphatic rings. The van der Waals surface area contributed by atoms with Gasteiger partial charge in [0, 0.05) is 49.9 Å². The third-order valence-electron chi connectivity index (χ3n) is 5.66. The van der Waals surface area contributed by atoms with E-state index in [2.05, 4.69) is 4.90 Å². The number of methoxy groups -OCH3 is 1. The quantitative estimate of drug-likeness (QED) is 0.736. The van der Waals surface area contributed by atoms with Crippen LogP contribution >= 0.6 is 0 Å². The fourth-order valence-corrected chi connectivity index (χ4v) is 4.19. The summed E-state index contributed by atoms with van der Waals surface area (Å²) >= 11 is 0. The largest absolute Gasteiger partial charge is 0.489 e. The Morgan fingerprint density at radius 3 is 2.79 bits per heavy atom. The monoisotopic (exact) mass is 386 g/mol. The third-order valence-corrected chi connectivity index (χ3v) is 5.66. The van der Waals surface area contributed by atoms with Crippen LogP contribution in [0.15, 0.2) is 33.9 Å². The summed E-state index contributed by atoms with van der Waals surface area (Å²) in [6.07, 6.45) is 8.19. The van der Waals surface area contributed by atoms with Gasteiger partial charge in [-0.05, 0) is 31.7 Å². The van der Waals surface area contributed by atoms with Crippen LogP contribution in [0.4, 0.5) is 0 Å². The number of ether oxygens (including phenoxy) is 2. The molecule has 0 bridgehead atoms. The highest BCUT2D eigenvalue weighted by atomic mass is 16.5. The number of pyridine rings is 1. The van der Waals surface area contributed by atoms with E-state index in [1.807, 2.05) is 6.07 Å². The van der Waals surface area contributed by atoms with Crippen LogP contribution in [0.3, 0.4) is 0 Å². The number of furan rings is 1. The molecule has 1 aliphatic carbocycles. The molecule has 3 heterocycles. The van der Waals surface area contributed by atoms with Crippen LogP contribution in [0, 0.1) is 0 Å². The summed E-state index contributed by atoms with van der Waals surface area (Å²) in [5.74, 6) is -0.0710. The smallest absolute Gasteiger partial charge is 0.343 e. The Bertz CT molecular complexity index is 881. The number of aromatic nitrogens is 1. The second kappa shape index (κ2) is 8.22. The van der Waals surface area contributed by atoms with Crippen molar-refractivity contribution in [3.05, 3.63) is 51.8 Å². The molecular formula is C21H26N2O5. The second-order valence-electron chi connectivity index (χ2n) is 7.49. The van der Waals surface area contributed by atoms with E-state index >= 15 is 0 Å². The van der Waals surface area contributed by atoms with Crippen molar-refractivity contribution in [3.63, 3.8) is 0 Å². The number of esters is 1. The molecule has 0 atom stereocenters. The van der Waals surface area contributed by atoms with Crippen molar-refractivity contribution in [2.45, 2.75) is 51.3 Å². The predicted octanol–water partition coefficient (Wildman–Crippen LogP) is 2.61. The molecule has 0 unspecified atom stereocenters. The zero-order chi connectivity index (χ0) is 19.5.